The Hall–Kier alpha value is -1.99. The maximum atomic E-state index is 12.7. The van der Waals surface area contributed by atoms with Crippen molar-refractivity contribution in [2.45, 2.75) is 63.5 Å². The lowest BCUT2D eigenvalue weighted by Gasteiger charge is -2.38. The minimum Gasteiger partial charge on any atom is -0.383 e. The largest absolute Gasteiger partial charge is 0.383 e. The van der Waals surface area contributed by atoms with E-state index in [9.17, 15) is 4.79 Å². The van der Waals surface area contributed by atoms with Gasteiger partial charge in [-0.1, -0.05) is 0 Å². The Morgan fingerprint density at radius 2 is 2.17 bits per heavy atom. The normalized spacial score (nSPS) is 19.9. The summed E-state index contributed by atoms with van der Waals surface area (Å²) in [6.07, 6.45) is 8.18. The van der Waals surface area contributed by atoms with Crippen LogP contribution in [0, 0.1) is 0 Å². The Morgan fingerprint density at radius 3 is 2.90 bits per heavy atom. The molecule has 7 heteroatoms. The highest BCUT2D eigenvalue weighted by molar-refractivity contribution is 5.76. The summed E-state index contributed by atoms with van der Waals surface area (Å²) in [4.78, 5) is 24.0. The minimum atomic E-state index is 0.0616. The summed E-state index contributed by atoms with van der Waals surface area (Å²) in [5.74, 6) is 1.23. The fourth-order valence-corrected chi connectivity index (χ4v) is 4.80. The molecule has 1 atom stereocenters. The standard InChI is InChI=1S/C22H32N4O3/c1-17(16-28-2)26-19(24-18-6-4-12-23-21(18)26)7-3-8-20(27)25-13-10-22(11-14-25)9-5-15-29-22/h4,6,12,17H,3,5,7-11,13-16H2,1-2H3/t17-/m0/s1. The van der Waals surface area contributed by atoms with Gasteiger partial charge in [0.1, 0.15) is 11.3 Å². The molecule has 4 rings (SSSR count). The Labute approximate surface area is 172 Å². The van der Waals surface area contributed by atoms with Gasteiger partial charge >= 0.3 is 0 Å². The lowest BCUT2D eigenvalue weighted by molar-refractivity contribution is -0.136. The Morgan fingerprint density at radius 1 is 1.34 bits per heavy atom. The highest BCUT2D eigenvalue weighted by atomic mass is 16.5. The number of imidazole rings is 1. The van der Waals surface area contributed by atoms with Crippen LogP contribution in [0.5, 0.6) is 0 Å². The Kier molecular flexibility index (Phi) is 6.15. The number of hydrogen-bond acceptors (Lipinski definition) is 5. The third-order valence-electron chi connectivity index (χ3n) is 6.37. The van der Waals surface area contributed by atoms with Gasteiger partial charge < -0.3 is 18.9 Å². The van der Waals surface area contributed by atoms with Crippen molar-refractivity contribution in [2.24, 2.45) is 0 Å². The molecular formula is C22H32N4O3. The van der Waals surface area contributed by atoms with Gasteiger partial charge in [0, 0.05) is 45.8 Å². The van der Waals surface area contributed by atoms with E-state index in [4.69, 9.17) is 14.5 Å². The van der Waals surface area contributed by atoms with E-state index in [1.54, 1.807) is 13.3 Å². The molecule has 0 bridgehead atoms. The number of carbonyl (C=O) groups is 1. The number of aryl methyl sites for hydroxylation is 1. The zero-order valence-electron chi connectivity index (χ0n) is 17.6. The van der Waals surface area contributed by atoms with Crippen LogP contribution in [0.15, 0.2) is 18.3 Å². The van der Waals surface area contributed by atoms with Crippen LogP contribution in [-0.4, -0.2) is 64.4 Å². The molecule has 0 N–H and O–H groups in total. The summed E-state index contributed by atoms with van der Waals surface area (Å²) < 4.78 is 13.5. The second-order valence-corrected chi connectivity index (χ2v) is 8.42. The third-order valence-corrected chi connectivity index (χ3v) is 6.37. The van der Waals surface area contributed by atoms with Crippen LogP contribution in [0.1, 0.15) is 57.3 Å². The van der Waals surface area contributed by atoms with E-state index in [1.807, 2.05) is 17.0 Å². The molecule has 0 saturated carbocycles. The van der Waals surface area contributed by atoms with Crippen LogP contribution >= 0.6 is 0 Å². The smallest absolute Gasteiger partial charge is 0.222 e. The number of ether oxygens (including phenoxy) is 2. The summed E-state index contributed by atoms with van der Waals surface area (Å²) in [6.45, 7) is 5.25. The highest BCUT2D eigenvalue weighted by Crippen LogP contribution is 2.35. The number of pyridine rings is 1. The lowest BCUT2D eigenvalue weighted by Crippen LogP contribution is -2.46. The predicted octanol–water partition coefficient (Wildman–Crippen LogP) is 3.13. The summed E-state index contributed by atoms with van der Waals surface area (Å²) >= 11 is 0. The second-order valence-electron chi connectivity index (χ2n) is 8.42. The van der Waals surface area contributed by atoms with E-state index in [1.165, 1.54) is 0 Å². The minimum absolute atomic E-state index is 0.0616. The summed E-state index contributed by atoms with van der Waals surface area (Å²) in [6, 6.07) is 4.04. The highest BCUT2D eigenvalue weighted by Gasteiger charge is 2.39. The molecule has 4 heterocycles. The molecular weight excluding hydrogens is 368 g/mol. The van der Waals surface area contributed by atoms with E-state index in [0.717, 1.165) is 75.2 Å². The number of hydrogen-bond donors (Lipinski definition) is 0. The maximum absolute atomic E-state index is 12.7. The van der Waals surface area contributed by atoms with Crippen LogP contribution in [0.2, 0.25) is 0 Å². The van der Waals surface area contributed by atoms with Crippen LogP contribution in [0.4, 0.5) is 0 Å². The van der Waals surface area contributed by atoms with E-state index in [0.29, 0.717) is 13.0 Å². The van der Waals surface area contributed by atoms with Crippen LogP contribution in [0.25, 0.3) is 11.2 Å². The Balaban J connectivity index is 1.35. The average Bonchev–Trinajstić information content (AvgIpc) is 3.33. The SMILES string of the molecule is COC[C@H](C)n1c(CCCC(=O)N2CCC3(CCCO3)CC2)nc2cccnc21. The van der Waals surface area contributed by atoms with Gasteiger partial charge in [0.25, 0.3) is 0 Å². The van der Waals surface area contributed by atoms with E-state index < -0.39 is 0 Å². The quantitative estimate of drug-likeness (QED) is 0.714. The van der Waals surface area contributed by atoms with Crippen molar-refractivity contribution in [3.05, 3.63) is 24.2 Å². The number of nitrogens with zero attached hydrogens (tertiary/aromatic N) is 4. The summed E-state index contributed by atoms with van der Waals surface area (Å²) in [5, 5.41) is 0. The first-order chi connectivity index (χ1) is 14.1. The van der Waals surface area contributed by atoms with Crippen molar-refractivity contribution >= 4 is 17.1 Å². The van der Waals surface area contributed by atoms with Gasteiger partial charge in [-0.2, -0.15) is 0 Å². The number of amides is 1. The van der Waals surface area contributed by atoms with E-state index in [-0.39, 0.29) is 17.6 Å². The number of fused-ring (bicyclic) bond motifs is 1. The van der Waals surface area contributed by atoms with Crippen molar-refractivity contribution < 1.29 is 14.3 Å². The molecule has 0 unspecified atom stereocenters. The van der Waals surface area contributed by atoms with Gasteiger partial charge in [-0.15, -0.1) is 0 Å². The van der Waals surface area contributed by atoms with Crippen LogP contribution < -0.4 is 0 Å². The number of likely N-dealkylation sites (tertiary alicyclic amines) is 1. The van der Waals surface area contributed by atoms with Crippen molar-refractivity contribution in [1.29, 1.82) is 0 Å². The number of carbonyl (C=O) groups excluding carboxylic acids is 1. The molecule has 2 saturated heterocycles. The summed E-state index contributed by atoms with van der Waals surface area (Å²) in [7, 11) is 1.71. The number of piperidine rings is 1. The molecule has 2 aromatic heterocycles. The molecule has 0 aromatic carbocycles. The van der Waals surface area contributed by atoms with Crippen molar-refractivity contribution in [3.63, 3.8) is 0 Å². The molecule has 1 amide bonds. The first-order valence-electron chi connectivity index (χ1n) is 10.8. The number of methoxy groups -OCH3 is 1. The zero-order chi connectivity index (χ0) is 20.3. The van der Waals surface area contributed by atoms with Gasteiger partial charge in [0.05, 0.1) is 18.2 Å². The number of aromatic nitrogens is 3. The maximum Gasteiger partial charge on any atom is 0.222 e. The van der Waals surface area contributed by atoms with Gasteiger partial charge in [-0.25, -0.2) is 9.97 Å². The molecule has 2 aliphatic heterocycles. The summed E-state index contributed by atoms with van der Waals surface area (Å²) in [5.41, 5.74) is 1.84. The topological polar surface area (TPSA) is 69.5 Å². The van der Waals surface area contributed by atoms with Crippen LogP contribution in [0.3, 0.4) is 0 Å². The molecule has 0 radical (unpaired) electrons. The first kappa shape index (κ1) is 20.3. The third kappa shape index (κ3) is 4.31. The predicted molar refractivity (Wildman–Crippen MR) is 111 cm³/mol. The molecule has 158 valence electrons. The van der Waals surface area contributed by atoms with Gasteiger partial charge in [0.2, 0.25) is 5.91 Å². The first-order valence-corrected chi connectivity index (χ1v) is 10.8. The van der Waals surface area contributed by atoms with Crippen molar-refractivity contribution in [2.75, 3.05) is 33.4 Å². The fraction of sp³-hybridized carbons (Fsp3) is 0.682. The lowest BCUT2D eigenvalue weighted by atomic mass is 9.88. The van der Waals surface area contributed by atoms with Gasteiger partial charge in [-0.05, 0) is 51.2 Å². The van der Waals surface area contributed by atoms with Gasteiger partial charge in [0.15, 0.2) is 5.65 Å². The molecule has 2 aromatic rings. The zero-order valence-corrected chi connectivity index (χ0v) is 17.6. The molecule has 0 aliphatic carbocycles. The Bertz CT molecular complexity index is 834. The van der Waals surface area contributed by atoms with Gasteiger partial charge in [-0.3, -0.25) is 4.79 Å². The van der Waals surface area contributed by atoms with E-state index in [2.05, 4.69) is 16.5 Å². The average molecular weight is 401 g/mol. The molecule has 7 nitrogen and oxygen atoms in total. The van der Waals surface area contributed by atoms with Crippen molar-refractivity contribution in [3.8, 4) is 0 Å². The van der Waals surface area contributed by atoms with Crippen molar-refractivity contribution in [1.82, 2.24) is 19.4 Å². The molecule has 1 spiro atoms. The molecule has 29 heavy (non-hydrogen) atoms. The monoisotopic (exact) mass is 400 g/mol. The molecule has 2 aliphatic rings. The molecule has 2 fully saturated rings. The second kappa shape index (κ2) is 8.79. The van der Waals surface area contributed by atoms with Crippen LogP contribution in [-0.2, 0) is 20.7 Å². The fourth-order valence-electron chi connectivity index (χ4n) is 4.80. The number of rotatable bonds is 7. The van der Waals surface area contributed by atoms with E-state index >= 15 is 0 Å².